The van der Waals surface area contributed by atoms with Gasteiger partial charge in [-0.25, -0.2) is 18.4 Å². The van der Waals surface area contributed by atoms with E-state index in [0.29, 0.717) is 23.1 Å². The number of aryl methyl sites for hydroxylation is 1. The summed E-state index contributed by atoms with van der Waals surface area (Å²) in [5, 5.41) is 3.18. The van der Waals surface area contributed by atoms with Gasteiger partial charge in [-0.3, -0.25) is 9.10 Å². The number of thioether (sulfide) groups is 1. The molecule has 2 heterocycles. The molecule has 0 bridgehead atoms. The number of anilines is 2. The van der Waals surface area contributed by atoms with Gasteiger partial charge in [0.25, 0.3) is 10.0 Å². The lowest BCUT2D eigenvalue weighted by Crippen LogP contribution is -2.34. The first kappa shape index (κ1) is 20.4. The highest BCUT2D eigenvalue weighted by Gasteiger charge is 2.35. The summed E-state index contributed by atoms with van der Waals surface area (Å²) in [5.41, 5.74) is 3.53. The average Bonchev–Trinajstić information content (AvgIpc) is 2.74. The van der Waals surface area contributed by atoms with Gasteiger partial charge in [0.1, 0.15) is 4.90 Å². The smallest absolute Gasteiger partial charge is 0.268 e. The Morgan fingerprint density at radius 1 is 1.13 bits per heavy atom. The molecule has 0 saturated heterocycles. The zero-order chi connectivity index (χ0) is 21.3. The number of carbonyl (C=O) groups excluding carboxylic acids is 1. The molecule has 3 aromatic rings. The summed E-state index contributed by atoms with van der Waals surface area (Å²) in [6.45, 7) is 4.08. The first-order valence-electron chi connectivity index (χ1n) is 9.38. The van der Waals surface area contributed by atoms with E-state index in [0.717, 1.165) is 28.6 Å². The molecule has 0 spiro atoms. The molecule has 9 heteroatoms. The van der Waals surface area contributed by atoms with E-state index >= 15 is 0 Å². The number of para-hydroxylation sites is 1. The van der Waals surface area contributed by atoms with Gasteiger partial charge in [0, 0.05) is 17.8 Å². The third-order valence-electron chi connectivity index (χ3n) is 4.68. The van der Waals surface area contributed by atoms with Gasteiger partial charge in [-0.15, -0.1) is 0 Å². The Kier molecular flexibility index (Phi) is 5.48. The lowest BCUT2D eigenvalue weighted by atomic mass is 10.1. The summed E-state index contributed by atoms with van der Waals surface area (Å²) < 4.78 is 27.3. The molecule has 0 aliphatic carbocycles. The number of nitrogens with zero attached hydrogens (tertiary/aromatic N) is 3. The van der Waals surface area contributed by atoms with Crippen molar-refractivity contribution in [2.45, 2.75) is 23.9 Å². The van der Waals surface area contributed by atoms with Gasteiger partial charge in [-0.1, -0.05) is 47.7 Å². The first-order valence-corrected chi connectivity index (χ1v) is 11.8. The van der Waals surface area contributed by atoms with E-state index in [1.54, 1.807) is 19.1 Å². The molecule has 1 aromatic heterocycles. The third kappa shape index (κ3) is 3.78. The Hall–Kier alpha value is -2.91. The van der Waals surface area contributed by atoms with E-state index < -0.39 is 10.0 Å². The summed E-state index contributed by atoms with van der Waals surface area (Å²) in [7, 11) is -3.72. The van der Waals surface area contributed by atoms with E-state index in [9.17, 15) is 13.2 Å². The second-order valence-corrected chi connectivity index (χ2v) is 9.53. The quantitative estimate of drug-likeness (QED) is 0.480. The van der Waals surface area contributed by atoms with Gasteiger partial charge < -0.3 is 5.32 Å². The predicted octanol–water partition coefficient (Wildman–Crippen LogP) is 3.71. The lowest BCUT2D eigenvalue weighted by molar-refractivity contribution is -0.113. The molecular formula is C21H20N4O3S2. The highest BCUT2D eigenvalue weighted by Crippen LogP contribution is 2.41. The Balaban J connectivity index is 1.57. The molecule has 1 aliphatic heterocycles. The van der Waals surface area contributed by atoms with Crippen molar-refractivity contribution in [1.29, 1.82) is 0 Å². The summed E-state index contributed by atoms with van der Waals surface area (Å²) >= 11 is 1.16. The number of sulfonamides is 1. The van der Waals surface area contributed by atoms with Gasteiger partial charge in [-0.2, -0.15) is 0 Å². The van der Waals surface area contributed by atoms with Gasteiger partial charge in [0.2, 0.25) is 5.91 Å². The van der Waals surface area contributed by atoms with Crippen LogP contribution < -0.4 is 9.62 Å². The Labute approximate surface area is 179 Å². The summed E-state index contributed by atoms with van der Waals surface area (Å²) in [5.74, 6) is -0.0716. The van der Waals surface area contributed by atoms with Crippen molar-refractivity contribution in [3.63, 3.8) is 0 Å². The molecule has 1 amide bonds. The zero-order valence-corrected chi connectivity index (χ0v) is 18.1. The molecule has 4 rings (SSSR count). The van der Waals surface area contributed by atoms with Crippen molar-refractivity contribution in [3.05, 3.63) is 60.3 Å². The standard InChI is InChI=1S/C21H20N4O3S2/c1-3-25-17-7-5-4-6-16(17)20-18(30(25,27)28)12-22-21(24-20)29-13-19(26)23-15-10-8-14(2)9-11-15/h4-12H,3,13H2,1-2H3,(H,23,26). The van der Waals surface area contributed by atoms with E-state index in [1.165, 1.54) is 10.5 Å². The maximum Gasteiger partial charge on any atom is 0.268 e. The fourth-order valence-corrected chi connectivity index (χ4v) is 5.45. The van der Waals surface area contributed by atoms with Crippen LogP contribution in [0.4, 0.5) is 11.4 Å². The first-order chi connectivity index (χ1) is 14.4. The fourth-order valence-electron chi connectivity index (χ4n) is 3.25. The SMILES string of the molecule is CCN1c2ccccc2-c2nc(SCC(=O)Nc3ccc(C)cc3)ncc2S1(=O)=O. The van der Waals surface area contributed by atoms with Crippen LogP contribution >= 0.6 is 11.8 Å². The van der Waals surface area contributed by atoms with Crippen molar-refractivity contribution in [1.82, 2.24) is 9.97 Å². The number of nitrogens with one attached hydrogen (secondary N) is 1. The summed E-state index contributed by atoms with van der Waals surface area (Å²) in [6, 6.07) is 14.8. The molecule has 30 heavy (non-hydrogen) atoms. The Bertz CT molecular complexity index is 1210. The minimum atomic E-state index is -3.72. The van der Waals surface area contributed by atoms with Crippen LogP contribution in [0.2, 0.25) is 0 Å². The van der Waals surface area contributed by atoms with Gasteiger partial charge >= 0.3 is 0 Å². The van der Waals surface area contributed by atoms with Crippen molar-refractivity contribution in [3.8, 4) is 11.3 Å². The minimum Gasteiger partial charge on any atom is -0.325 e. The minimum absolute atomic E-state index is 0.0801. The lowest BCUT2D eigenvalue weighted by Gasteiger charge is -2.30. The van der Waals surface area contributed by atoms with Crippen LogP contribution in [-0.2, 0) is 14.8 Å². The fraction of sp³-hybridized carbons (Fsp3) is 0.190. The second kappa shape index (κ2) is 8.08. The van der Waals surface area contributed by atoms with E-state index in [4.69, 9.17) is 0 Å². The van der Waals surface area contributed by atoms with Gasteiger partial charge in [-0.05, 0) is 32.0 Å². The van der Waals surface area contributed by atoms with Crippen LogP contribution in [0.1, 0.15) is 12.5 Å². The highest BCUT2D eigenvalue weighted by molar-refractivity contribution is 7.99. The summed E-state index contributed by atoms with van der Waals surface area (Å²) in [6.07, 6.45) is 1.33. The molecule has 0 unspecified atom stereocenters. The number of amides is 1. The number of benzene rings is 2. The van der Waals surface area contributed by atoms with Crippen LogP contribution in [0.3, 0.4) is 0 Å². The van der Waals surface area contributed by atoms with Gasteiger partial charge in [0.15, 0.2) is 5.16 Å². The van der Waals surface area contributed by atoms with Crippen molar-refractivity contribution in [2.75, 3.05) is 21.9 Å². The topological polar surface area (TPSA) is 92.3 Å². The molecule has 0 saturated carbocycles. The average molecular weight is 441 g/mol. The van der Waals surface area contributed by atoms with Crippen molar-refractivity contribution >= 4 is 39.1 Å². The number of aromatic nitrogens is 2. The maximum absolute atomic E-state index is 13.0. The third-order valence-corrected chi connectivity index (χ3v) is 7.44. The van der Waals surface area contributed by atoms with Crippen molar-refractivity contribution < 1.29 is 13.2 Å². The van der Waals surface area contributed by atoms with Gasteiger partial charge in [0.05, 0.1) is 23.3 Å². The van der Waals surface area contributed by atoms with E-state index in [-0.39, 0.29) is 16.6 Å². The molecule has 1 aliphatic rings. The Morgan fingerprint density at radius 3 is 2.60 bits per heavy atom. The number of hydrogen-bond donors (Lipinski definition) is 1. The number of rotatable bonds is 5. The largest absolute Gasteiger partial charge is 0.325 e. The van der Waals surface area contributed by atoms with Crippen LogP contribution in [0.15, 0.2) is 64.8 Å². The molecule has 154 valence electrons. The molecule has 7 nitrogen and oxygen atoms in total. The Morgan fingerprint density at radius 2 is 1.87 bits per heavy atom. The molecule has 0 fully saturated rings. The second-order valence-electron chi connectivity index (χ2n) is 6.76. The van der Waals surface area contributed by atoms with Crippen molar-refractivity contribution in [2.24, 2.45) is 0 Å². The number of hydrogen-bond acceptors (Lipinski definition) is 6. The molecule has 2 aromatic carbocycles. The van der Waals surface area contributed by atoms with Crippen LogP contribution in [0, 0.1) is 6.92 Å². The van der Waals surface area contributed by atoms with Crippen LogP contribution in [0.5, 0.6) is 0 Å². The van der Waals surface area contributed by atoms with Crippen LogP contribution in [0.25, 0.3) is 11.3 Å². The molecule has 0 radical (unpaired) electrons. The van der Waals surface area contributed by atoms with E-state index in [2.05, 4.69) is 15.3 Å². The molecule has 1 N–H and O–H groups in total. The monoisotopic (exact) mass is 440 g/mol. The normalized spacial score (nSPS) is 14.0. The maximum atomic E-state index is 13.0. The predicted molar refractivity (Wildman–Crippen MR) is 118 cm³/mol. The van der Waals surface area contributed by atoms with E-state index in [1.807, 2.05) is 43.3 Å². The number of fused-ring (bicyclic) bond motifs is 3. The zero-order valence-electron chi connectivity index (χ0n) is 16.5. The summed E-state index contributed by atoms with van der Waals surface area (Å²) in [4.78, 5) is 21.0. The molecular weight excluding hydrogens is 420 g/mol. The number of carbonyl (C=O) groups is 1. The van der Waals surface area contributed by atoms with Crippen LogP contribution in [-0.4, -0.2) is 36.6 Å². The highest BCUT2D eigenvalue weighted by atomic mass is 32.2. The molecule has 0 atom stereocenters.